The summed E-state index contributed by atoms with van der Waals surface area (Å²) in [5.74, 6) is 0.405. The lowest BCUT2D eigenvalue weighted by atomic mass is 9.96. The van der Waals surface area contributed by atoms with Crippen molar-refractivity contribution in [3.05, 3.63) is 87.4 Å². The summed E-state index contributed by atoms with van der Waals surface area (Å²) in [4.78, 5) is 24.3. The number of methoxy groups -OCH3 is 1. The van der Waals surface area contributed by atoms with Gasteiger partial charge in [0.25, 0.3) is 0 Å². The predicted molar refractivity (Wildman–Crippen MR) is 127 cm³/mol. The van der Waals surface area contributed by atoms with Crippen LogP contribution in [0, 0.1) is 25.2 Å². The molecule has 0 bridgehead atoms. The van der Waals surface area contributed by atoms with Crippen LogP contribution in [0.3, 0.4) is 0 Å². The Kier molecular flexibility index (Phi) is 6.69. The second-order valence-electron chi connectivity index (χ2n) is 8.59. The molecule has 6 heteroatoms. The SMILES string of the molecule is COC(=O)c1cc(C#N)ccc1CN(Cc1ncc(C)cc1C)c1ccc2c(n1)CCCC2. The number of pyridine rings is 2. The topological polar surface area (TPSA) is 79.1 Å². The number of rotatable bonds is 6. The Hall–Kier alpha value is -3.72. The Balaban J connectivity index is 1.75. The van der Waals surface area contributed by atoms with Gasteiger partial charge in [0.2, 0.25) is 0 Å². The van der Waals surface area contributed by atoms with E-state index in [4.69, 9.17) is 9.72 Å². The zero-order valence-electron chi connectivity index (χ0n) is 19.4. The lowest BCUT2D eigenvalue weighted by molar-refractivity contribution is 0.0599. The van der Waals surface area contributed by atoms with Gasteiger partial charge in [0.05, 0.1) is 36.5 Å². The van der Waals surface area contributed by atoms with Crippen molar-refractivity contribution in [2.75, 3.05) is 12.0 Å². The number of nitrogens with zero attached hydrogens (tertiary/aromatic N) is 4. The number of anilines is 1. The number of fused-ring (bicyclic) bond motifs is 1. The zero-order valence-corrected chi connectivity index (χ0v) is 19.4. The minimum atomic E-state index is -0.454. The van der Waals surface area contributed by atoms with Gasteiger partial charge in [-0.3, -0.25) is 4.98 Å². The molecule has 6 nitrogen and oxygen atoms in total. The molecule has 0 saturated heterocycles. The van der Waals surface area contributed by atoms with Crippen LogP contribution >= 0.6 is 0 Å². The van der Waals surface area contributed by atoms with Gasteiger partial charge < -0.3 is 9.64 Å². The largest absolute Gasteiger partial charge is 0.465 e. The van der Waals surface area contributed by atoms with Crippen LogP contribution < -0.4 is 4.90 Å². The van der Waals surface area contributed by atoms with Crippen molar-refractivity contribution in [2.24, 2.45) is 0 Å². The Bertz CT molecular complexity index is 1230. The van der Waals surface area contributed by atoms with Crippen molar-refractivity contribution in [2.45, 2.75) is 52.6 Å². The minimum absolute atomic E-state index is 0.396. The first-order valence-electron chi connectivity index (χ1n) is 11.3. The van der Waals surface area contributed by atoms with Crippen molar-refractivity contribution in [1.29, 1.82) is 5.26 Å². The fourth-order valence-corrected chi connectivity index (χ4v) is 4.34. The van der Waals surface area contributed by atoms with E-state index in [9.17, 15) is 10.1 Å². The number of nitriles is 1. The first-order chi connectivity index (χ1) is 16.0. The summed E-state index contributed by atoms with van der Waals surface area (Å²) < 4.78 is 4.99. The van der Waals surface area contributed by atoms with E-state index in [1.54, 1.807) is 12.1 Å². The molecular formula is C27H28N4O2. The van der Waals surface area contributed by atoms with Crippen molar-refractivity contribution >= 4 is 11.8 Å². The second kappa shape index (κ2) is 9.83. The van der Waals surface area contributed by atoms with Crippen LogP contribution in [0.1, 0.15) is 62.4 Å². The molecule has 0 radical (unpaired) electrons. The van der Waals surface area contributed by atoms with E-state index in [2.05, 4.69) is 41.1 Å². The van der Waals surface area contributed by atoms with Crippen LogP contribution in [0.25, 0.3) is 0 Å². The van der Waals surface area contributed by atoms with E-state index in [-0.39, 0.29) is 0 Å². The number of esters is 1. The minimum Gasteiger partial charge on any atom is -0.465 e. The average molecular weight is 441 g/mol. The lowest BCUT2D eigenvalue weighted by Gasteiger charge is -2.27. The number of hydrogen-bond acceptors (Lipinski definition) is 6. The molecule has 0 fully saturated rings. The molecule has 3 aromatic rings. The highest BCUT2D eigenvalue weighted by molar-refractivity contribution is 5.91. The molecule has 1 aliphatic carbocycles. The number of aryl methyl sites for hydroxylation is 4. The fraction of sp³-hybridized carbons (Fsp3) is 0.333. The molecule has 0 unspecified atom stereocenters. The van der Waals surface area contributed by atoms with Gasteiger partial charge in [-0.2, -0.15) is 5.26 Å². The lowest BCUT2D eigenvalue weighted by Crippen LogP contribution is -2.26. The summed E-state index contributed by atoms with van der Waals surface area (Å²) in [7, 11) is 1.35. The van der Waals surface area contributed by atoms with Crippen molar-refractivity contribution in [1.82, 2.24) is 9.97 Å². The van der Waals surface area contributed by atoms with Crippen molar-refractivity contribution < 1.29 is 9.53 Å². The molecular weight excluding hydrogens is 412 g/mol. The molecule has 4 rings (SSSR count). The van der Waals surface area contributed by atoms with Crippen LogP contribution in [-0.2, 0) is 30.7 Å². The van der Waals surface area contributed by atoms with Crippen LogP contribution in [0.2, 0.25) is 0 Å². The maximum Gasteiger partial charge on any atom is 0.338 e. The van der Waals surface area contributed by atoms with Gasteiger partial charge in [0.15, 0.2) is 0 Å². The number of hydrogen-bond donors (Lipinski definition) is 0. The maximum absolute atomic E-state index is 12.5. The number of benzene rings is 1. The Labute approximate surface area is 194 Å². The Morgan fingerprint density at radius 3 is 2.70 bits per heavy atom. The third-order valence-electron chi connectivity index (χ3n) is 6.16. The van der Waals surface area contributed by atoms with Crippen LogP contribution in [-0.4, -0.2) is 23.0 Å². The first kappa shape index (κ1) is 22.5. The molecule has 33 heavy (non-hydrogen) atoms. The summed E-state index contributed by atoms with van der Waals surface area (Å²) in [5.41, 5.74) is 7.29. The summed E-state index contributed by atoms with van der Waals surface area (Å²) in [6, 6.07) is 13.6. The van der Waals surface area contributed by atoms with Crippen LogP contribution in [0.4, 0.5) is 5.82 Å². The van der Waals surface area contributed by atoms with Crippen molar-refractivity contribution in [3.63, 3.8) is 0 Å². The molecule has 0 N–H and O–H groups in total. The van der Waals surface area contributed by atoms with Gasteiger partial charge in [-0.1, -0.05) is 18.2 Å². The van der Waals surface area contributed by atoms with E-state index < -0.39 is 5.97 Å². The number of carbonyl (C=O) groups excluding carboxylic acids is 1. The third kappa shape index (κ3) is 5.04. The Morgan fingerprint density at radius 2 is 1.94 bits per heavy atom. The average Bonchev–Trinajstić information content (AvgIpc) is 2.84. The molecule has 0 spiro atoms. The summed E-state index contributed by atoms with van der Waals surface area (Å²) >= 11 is 0. The quantitative estimate of drug-likeness (QED) is 0.511. The number of ether oxygens (including phenoxy) is 1. The summed E-state index contributed by atoms with van der Waals surface area (Å²) in [5, 5.41) is 9.30. The van der Waals surface area contributed by atoms with E-state index in [0.29, 0.717) is 24.2 Å². The molecule has 0 saturated carbocycles. The molecule has 168 valence electrons. The molecule has 1 aromatic carbocycles. The smallest absolute Gasteiger partial charge is 0.338 e. The maximum atomic E-state index is 12.5. The van der Waals surface area contributed by atoms with E-state index >= 15 is 0 Å². The fourth-order valence-electron chi connectivity index (χ4n) is 4.34. The van der Waals surface area contributed by atoms with Gasteiger partial charge >= 0.3 is 5.97 Å². The number of aromatic nitrogens is 2. The van der Waals surface area contributed by atoms with Gasteiger partial charge in [0.1, 0.15) is 5.82 Å². The second-order valence-corrected chi connectivity index (χ2v) is 8.59. The molecule has 0 atom stereocenters. The van der Waals surface area contributed by atoms with Gasteiger partial charge in [-0.25, -0.2) is 9.78 Å². The predicted octanol–water partition coefficient (Wildman–Crippen LogP) is 4.84. The Morgan fingerprint density at radius 1 is 1.12 bits per heavy atom. The highest BCUT2D eigenvalue weighted by Crippen LogP contribution is 2.26. The van der Waals surface area contributed by atoms with Crippen LogP contribution in [0.5, 0.6) is 0 Å². The zero-order chi connectivity index (χ0) is 23.4. The van der Waals surface area contributed by atoms with Crippen molar-refractivity contribution in [3.8, 4) is 6.07 Å². The third-order valence-corrected chi connectivity index (χ3v) is 6.16. The number of carbonyl (C=O) groups is 1. The standard InChI is InChI=1S/C27H28N4O2/c1-18-12-19(2)25(29-15-18)17-31(26-11-10-21-6-4-5-7-24(21)30-26)16-22-9-8-20(14-28)13-23(22)27(32)33-3/h8-13,15H,4-7,16-17H2,1-3H3. The van der Waals surface area contributed by atoms with Crippen LogP contribution in [0.15, 0.2) is 42.6 Å². The first-order valence-corrected chi connectivity index (χ1v) is 11.3. The van der Waals surface area contributed by atoms with E-state index in [0.717, 1.165) is 53.2 Å². The molecule has 2 heterocycles. The highest BCUT2D eigenvalue weighted by Gasteiger charge is 2.20. The highest BCUT2D eigenvalue weighted by atomic mass is 16.5. The van der Waals surface area contributed by atoms with Gasteiger partial charge in [-0.05, 0) is 80.0 Å². The monoisotopic (exact) mass is 440 g/mol. The van der Waals surface area contributed by atoms with E-state index in [1.165, 1.54) is 19.1 Å². The van der Waals surface area contributed by atoms with Gasteiger partial charge in [-0.15, -0.1) is 0 Å². The normalized spacial score (nSPS) is 12.5. The van der Waals surface area contributed by atoms with Gasteiger partial charge in [0, 0.05) is 18.4 Å². The molecule has 0 amide bonds. The molecule has 2 aromatic heterocycles. The van der Waals surface area contributed by atoms with E-state index in [1.807, 2.05) is 19.2 Å². The molecule has 0 aliphatic heterocycles. The molecule has 1 aliphatic rings. The summed E-state index contributed by atoms with van der Waals surface area (Å²) in [6.45, 7) is 5.09. The summed E-state index contributed by atoms with van der Waals surface area (Å²) in [6.07, 6.45) is 6.30.